The van der Waals surface area contributed by atoms with E-state index in [9.17, 15) is 4.79 Å². The minimum atomic E-state index is -0.887. The quantitative estimate of drug-likeness (QED) is 0.855. The second-order valence-electron chi connectivity index (χ2n) is 3.26. The molecule has 0 aliphatic carbocycles. The van der Waals surface area contributed by atoms with Crippen molar-refractivity contribution in [2.24, 2.45) is 0 Å². The highest BCUT2D eigenvalue weighted by atomic mass is 32.1. The van der Waals surface area contributed by atoms with Crippen molar-refractivity contribution in [3.05, 3.63) is 35.3 Å². The molecule has 2 rings (SSSR count). The number of benzene rings is 1. The lowest BCUT2D eigenvalue weighted by molar-refractivity contribution is -0.136. The molecule has 0 unspecified atom stereocenters. The van der Waals surface area contributed by atoms with E-state index in [2.05, 4.69) is 4.98 Å². The van der Waals surface area contributed by atoms with Gasteiger partial charge in [0.25, 0.3) is 0 Å². The average molecular weight is 235 g/mol. The van der Waals surface area contributed by atoms with Gasteiger partial charge in [0.1, 0.15) is 10.8 Å². The van der Waals surface area contributed by atoms with Crippen LogP contribution in [0.15, 0.2) is 29.6 Å². The predicted octanol–water partition coefficient (Wildman–Crippen LogP) is 2.14. The fraction of sp³-hybridized carbons (Fsp3) is 0.0909. The molecule has 1 aromatic carbocycles. The number of aliphatic carboxylic acids is 1. The summed E-state index contributed by atoms with van der Waals surface area (Å²) in [6, 6.07) is 6.65. The highest BCUT2D eigenvalue weighted by Crippen LogP contribution is 2.25. The Hall–Kier alpha value is -1.88. The summed E-state index contributed by atoms with van der Waals surface area (Å²) >= 11 is 1.39. The zero-order chi connectivity index (χ0) is 11.5. The minimum Gasteiger partial charge on any atom is -0.508 e. The fourth-order valence-corrected chi connectivity index (χ4v) is 2.11. The SMILES string of the molecule is O=C(O)Cc1csc(-c2ccc(O)cc2)n1. The zero-order valence-electron chi connectivity index (χ0n) is 8.25. The Kier molecular flexibility index (Phi) is 2.87. The van der Waals surface area contributed by atoms with Crippen LogP contribution in [0, 0.1) is 0 Å². The van der Waals surface area contributed by atoms with Crippen LogP contribution in [0.2, 0.25) is 0 Å². The summed E-state index contributed by atoms with van der Waals surface area (Å²) < 4.78 is 0. The van der Waals surface area contributed by atoms with E-state index in [1.54, 1.807) is 29.6 Å². The second kappa shape index (κ2) is 4.32. The monoisotopic (exact) mass is 235 g/mol. The van der Waals surface area contributed by atoms with Gasteiger partial charge in [0.15, 0.2) is 0 Å². The smallest absolute Gasteiger partial charge is 0.309 e. The molecule has 0 aliphatic heterocycles. The van der Waals surface area contributed by atoms with Gasteiger partial charge in [-0.05, 0) is 24.3 Å². The van der Waals surface area contributed by atoms with E-state index >= 15 is 0 Å². The van der Waals surface area contributed by atoms with Gasteiger partial charge in [-0.2, -0.15) is 0 Å². The van der Waals surface area contributed by atoms with Crippen LogP contribution < -0.4 is 0 Å². The number of rotatable bonds is 3. The third kappa shape index (κ3) is 2.38. The van der Waals surface area contributed by atoms with Crippen molar-refractivity contribution < 1.29 is 15.0 Å². The lowest BCUT2D eigenvalue weighted by atomic mass is 10.2. The summed E-state index contributed by atoms with van der Waals surface area (Å²) in [5.74, 6) is -0.686. The maximum absolute atomic E-state index is 10.5. The Balaban J connectivity index is 2.24. The van der Waals surface area contributed by atoms with Gasteiger partial charge in [-0.3, -0.25) is 4.79 Å². The van der Waals surface area contributed by atoms with Crippen LogP contribution in [-0.4, -0.2) is 21.2 Å². The Labute approximate surface area is 95.8 Å². The number of carboxylic acids is 1. The zero-order valence-corrected chi connectivity index (χ0v) is 9.07. The number of phenols is 1. The first-order chi connectivity index (χ1) is 7.65. The molecule has 0 radical (unpaired) electrons. The number of aromatic nitrogens is 1. The van der Waals surface area contributed by atoms with Gasteiger partial charge in [-0.25, -0.2) is 4.98 Å². The molecule has 0 aliphatic rings. The first kappa shape index (κ1) is 10.6. The van der Waals surface area contributed by atoms with Crippen LogP contribution in [0.4, 0.5) is 0 Å². The number of thiazole rings is 1. The summed E-state index contributed by atoms with van der Waals surface area (Å²) in [5.41, 5.74) is 1.43. The van der Waals surface area contributed by atoms with Gasteiger partial charge in [-0.15, -0.1) is 11.3 Å². The third-order valence-electron chi connectivity index (χ3n) is 2.00. The molecule has 0 saturated heterocycles. The van der Waals surface area contributed by atoms with Crippen molar-refractivity contribution in [2.75, 3.05) is 0 Å². The largest absolute Gasteiger partial charge is 0.508 e. The minimum absolute atomic E-state index is 0.0609. The van der Waals surface area contributed by atoms with Gasteiger partial charge < -0.3 is 10.2 Å². The first-order valence-electron chi connectivity index (χ1n) is 4.61. The van der Waals surface area contributed by atoms with Crippen LogP contribution >= 0.6 is 11.3 Å². The van der Waals surface area contributed by atoms with Gasteiger partial charge in [-0.1, -0.05) is 0 Å². The molecule has 0 fully saturated rings. The number of carbonyl (C=O) groups is 1. The van der Waals surface area contributed by atoms with Crippen molar-refractivity contribution in [1.82, 2.24) is 4.98 Å². The van der Waals surface area contributed by atoms with Crippen molar-refractivity contribution in [1.29, 1.82) is 0 Å². The molecule has 2 N–H and O–H groups in total. The summed E-state index contributed by atoms with van der Waals surface area (Å²) in [6.45, 7) is 0. The molecular formula is C11H9NO3S. The maximum atomic E-state index is 10.5. The van der Waals surface area contributed by atoms with E-state index in [1.165, 1.54) is 11.3 Å². The molecule has 0 amide bonds. The number of hydrogen-bond donors (Lipinski definition) is 2. The Morgan fingerprint density at radius 2 is 2.00 bits per heavy atom. The molecule has 16 heavy (non-hydrogen) atoms. The van der Waals surface area contributed by atoms with Crippen molar-refractivity contribution in [3.63, 3.8) is 0 Å². The van der Waals surface area contributed by atoms with Crippen LogP contribution in [0.3, 0.4) is 0 Å². The van der Waals surface area contributed by atoms with E-state index in [0.29, 0.717) is 5.69 Å². The molecule has 5 heteroatoms. The molecule has 1 heterocycles. The van der Waals surface area contributed by atoms with E-state index in [0.717, 1.165) is 10.6 Å². The van der Waals surface area contributed by atoms with Crippen molar-refractivity contribution in [2.45, 2.75) is 6.42 Å². The number of hydrogen-bond acceptors (Lipinski definition) is 4. The number of aromatic hydroxyl groups is 1. The summed E-state index contributed by atoms with van der Waals surface area (Å²) in [6.07, 6.45) is -0.0609. The van der Waals surface area contributed by atoms with Crippen molar-refractivity contribution >= 4 is 17.3 Å². The predicted molar refractivity (Wildman–Crippen MR) is 60.6 cm³/mol. The van der Waals surface area contributed by atoms with Crippen LogP contribution in [0.5, 0.6) is 5.75 Å². The molecule has 0 saturated carbocycles. The highest BCUT2D eigenvalue weighted by Gasteiger charge is 2.07. The molecule has 2 aromatic rings. The van der Waals surface area contributed by atoms with E-state index < -0.39 is 5.97 Å². The van der Waals surface area contributed by atoms with Crippen LogP contribution in [-0.2, 0) is 11.2 Å². The molecule has 0 spiro atoms. The van der Waals surface area contributed by atoms with Gasteiger partial charge in [0, 0.05) is 10.9 Å². The molecule has 82 valence electrons. The standard InChI is InChI=1S/C11H9NO3S/c13-9-3-1-7(2-4-9)11-12-8(6-16-11)5-10(14)15/h1-4,6,13H,5H2,(H,14,15). The summed E-state index contributed by atoms with van der Waals surface area (Å²) in [4.78, 5) is 14.7. The second-order valence-corrected chi connectivity index (χ2v) is 4.12. The molecular weight excluding hydrogens is 226 g/mol. The van der Waals surface area contributed by atoms with E-state index in [1.807, 2.05) is 0 Å². The Bertz CT molecular complexity index is 504. The third-order valence-corrected chi connectivity index (χ3v) is 2.94. The van der Waals surface area contributed by atoms with E-state index in [-0.39, 0.29) is 12.2 Å². The van der Waals surface area contributed by atoms with E-state index in [4.69, 9.17) is 10.2 Å². The maximum Gasteiger partial charge on any atom is 0.309 e. The molecule has 0 atom stereocenters. The topological polar surface area (TPSA) is 70.4 Å². The number of nitrogens with zero attached hydrogens (tertiary/aromatic N) is 1. The van der Waals surface area contributed by atoms with Gasteiger partial charge in [0.05, 0.1) is 12.1 Å². The molecule has 1 aromatic heterocycles. The highest BCUT2D eigenvalue weighted by molar-refractivity contribution is 7.13. The summed E-state index contributed by atoms with van der Waals surface area (Å²) in [5, 5.41) is 20.2. The Morgan fingerprint density at radius 3 is 2.62 bits per heavy atom. The first-order valence-corrected chi connectivity index (χ1v) is 5.49. The Morgan fingerprint density at radius 1 is 1.31 bits per heavy atom. The fourth-order valence-electron chi connectivity index (χ4n) is 1.28. The number of phenolic OH excluding ortho intramolecular Hbond substituents is 1. The average Bonchev–Trinajstić information content (AvgIpc) is 2.66. The van der Waals surface area contributed by atoms with Crippen LogP contribution in [0.1, 0.15) is 5.69 Å². The molecule has 4 nitrogen and oxygen atoms in total. The lowest BCUT2D eigenvalue weighted by Crippen LogP contribution is -1.99. The van der Waals surface area contributed by atoms with Crippen molar-refractivity contribution in [3.8, 4) is 16.3 Å². The normalized spacial score (nSPS) is 10.2. The lowest BCUT2D eigenvalue weighted by Gasteiger charge is -1.95. The van der Waals surface area contributed by atoms with Gasteiger partial charge >= 0.3 is 5.97 Å². The molecule has 0 bridgehead atoms. The summed E-state index contributed by atoms with van der Waals surface area (Å²) in [7, 11) is 0. The number of carboxylic acid groups (broad SMARTS) is 1. The van der Waals surface area contributed by atoms with Crippen LogP contribution in [0.25, 0.3) is 10.6 Å². The van der Waals surface area contributed by atoms with Gasteiger partial charge in [0.2, 0.25) is 0 Å².